The topological polar surface area (TPSA) is 127 Å². The summed E-state index contributed by atoms with van der Waals surface area (Å²) < 4.78 is 14.3. The van der Waals surface area contributed by atoms with Crippen LogP contribution in [0.3, 0.4) is 0 Å². The Hall–Kier alpha value is -2.21. The van der Waals surface area contributed by atoms with E-state index in [4.69, 9.17) is 9.79 Å². The number of phenolic OH excluding ortho intramolecular Hbond substituents is 1. The normalized spacial score (nSPS) is 19.3. The van der Waals surface area contributed by atoms with Crippen molar-refractivity contribution in [1.29, 1.82) is 0 Å². The molecule has 0 saturated carbocycles. The number of Topliss-reactive ketones (excluding diaryl/α,β-unsaturated/α-hetero) is 1. The summed E-state index contributed by atoms with van der Waals surface area (Å²) in [5.41, 5.74) is 0.811. The van der Waals surface area contributed by atoms with Gasteiger partial charge in [-0.15, -0.1) is 0 Å². The summed E-state index contributed by atoms with van der Waals surface area (Å²) in [6, 6.07) is 6.62. The molecule has 0 saturated heterocycles. The van der Waals surface area contributed by atoms with Gasteiger partial charge in [0.2, 0.25) is 0 Å². The Morgan fingerprint density at radius 1 is 1.17 bits per heavy atom. The Bertz CT molecular complexity index is 744. The highest BCUT2D eigenvalue weighted by Gasteiger charge is 2.30. The molecule has 7 nitrogen and oxygen atoms in total. The van der Waals surface area contributed by atoms with Gasteiger partial charge in [0.25, 0.3) is 0 Å². The van der Waals surface area contributed by atoms with Gasteiger partial charge in [0.05, 0.1) is 5.71 Å². The number of aliphatic hydroxyl groups excluding tert-OH is 1. The van der Waals surface area contributed by atoms with Gasteiger partial charge in [-0.3, -0.25) is 4.79 Å². The third-order valence-electron chi connectivity index (χ3n) is 3.52. The molecule has 1 unspecified atom stereocenters. The molecular formula is C16H18NO6P. The van der Waals surface area contributed by atoms with Gasteiger partial charge < -0.3 is 20.0 Å². The van der Waals surface area contributed by atoms with E-state index in [1.165, 1.54) is 18.2 Å². The first-order chi connectivity index (χ1) is 11.3. The van der Waals surface area contributed by atoms with E-state index >= 15 is 0 Å². The largest absolute Gasteiger partial charge is 0.511 e. The van der Waals surface area contributed by atoms with E-state index in [1.54, 1.807) is 24.3 Å². The molecule has 0 amide bonds. The van der Waals surface area contributed by atoms with Gasteiger partial charge in [0, 0.05) is 6.42 Å². The number of hydrogen-bond acceptors (Lipinski definition) is 4. The number of phenols is 1. The zero-order valence-electron chi connectivity index (χ0n) is 12.7. The molecule has 0 aliphatic heterocycles. The summed E-state index contributed by atoms with van der Waals surface area (Å²) in [4.78, 5) is 30.3. The number of aryl methyl sites for hydroxylation is 1. The summed E-state index contributed by atoms with van der Waals surface area (Å²) in [6.45, 7) is 0. The molecule has 1 atom stereocenters. The number of aliphatic hydroxyl groups is 1. The van der Waals surface area contributed by atoms with Crippen molar-refractivity contribution in [2.45, 2.75) is 19.3 Å². The molecule has 0 fully saturated rings. The summed E-state index contributed by atoms with van der Waals surface area (Å²) in [5.74, 6) is -1.63. The van der Waals surface area contributed by atoms with Crippen LogP contribution in [0, 0.1) is 5.92 Å². The SMILES string of the molecule is O=C(CCCc1ccc(O)cc1)C1C(O)=CC=CC1=NP(=O)(O)O. The fourth-order valence-corrected chi connectivity index (χ4v) is 2.92. The van der Waals surface area contributed by atoms with E-state index in [2.05, 4.69) is 4.76 Å². The molecule has 0 aromatic heterocycles. The number of hydrogen-bond donors (Lipinski definition) is 4. The predicted octanol–water partition coefficient (Wildman–Crippen LogP) is 2.45. The van der Waals surface area contributed by atoms with Crippen molar-refractivity contribution in [2.75, 3.05) is 0 Å². The van der Waals surface area contributed by atoms with Gasteiger partial charge in [-0.25, -0.2) is 4.57 Å². The van der Waals surface area contributed by atoms with Crippen LogP contribution in [0.1, 0.15) is 18.4 Å². The number of allylic oxidation sites excluding steroid dienone is 4. The standard InChI is InChI=1S/C16H18NO6P/c18-12-9-7-11(8-10-12)3-1-5-14(19)16-13(17-24(21,22)23)4-2-6-15(16)20/h2,4,6-10,16,18,20H,1,3,5H2,(H2,21,22,23). The molecule has 4 N–H and O–H groups in total. The van der Waals surface area contributed by atoms with Crippen LogP contribution in [0.15, 0.2) is 53.0 Å². The monoisotopic (exact) mass is 351 g/mol. The summed E-state index contributed by atoms with van der Waals surface area (Å²) >= 11 is 0. The molecule has 0 radical (unpaired) electrons. The van der Waals surface area contributed by atoms with E-state index in [0.29, 0.717) is 12.8 Å². The first-order valence-electron chi connectivity index (χ1n) is 7.30. The van der Waals surface area contributed by atoms with Gasteiger partial charge in [0.1, 0.15) is 23.2 Å². The van der Waals surface area contributed by atoms with Crippen molar-refractivity contribution >= 4 is 19.2 Å². The molecule has 1 aliphatic carbocycles. The molecular weight excluding hydrogens is 333 g/mol. The van der Waals surface area contributed by atoms with Crippen molar-refractivity contribution < 1.29 is 29.4 Å². The first-order valence-corrected chi connectivity index (χ1v) is 8.86. The molecule has 0 spiro atoms. The van der Waals surface area contributed by atoms with E-state index in [-0.39, 0.29) is 29.4 Å². The lowest BCUT2D eigenvalue weighted by Crippen LogP contribution is -2.26. The number of carbonyl (C=O) groups is 1. The molecule has 2 rings (SSSR count). The van der Waals surface area contributed by atoms with Crippen LogP contribution in [0.4, 0.5) is 0 Å². The highest BCUT2D eigenvalue weighted by atomic mass is 31.2. The van der Waals surface area contributed by atoms with E-state index in [1.807, 2.05) is 0 Å². The van der Waals surface area contributed by atoms with E-state index < -0.39 is 13.7 Å². The average molecular weight is 351 g/mol. The lowest BCUT2D eigenvalue weighted by atomic mass is 9.89. The molecule has 8 heteroatoms. The summed E-state index contributed by atoms with van der Waals surface area (Å²) in [6.07, 6.45) is 5.22. The van der Waals surface area contributed by atoms with Crippen molar-refractivity contribution in [3.8, 4) is 5.75 Å². The highest BCUT2D eigenvalue weighted by molar-refractivity contribution is 7.50. The van der Waals surface area contributed by atoms with Crippen LogP contribution < -0.4 is 0 Å². The number of nitrogens with zero attached hydrogens (tertiary/aromatic N) is 1. The molecule has 0 heterocycles. The maximum absolute atomic E-state index is 12.3. The van der Waals surface area contributed by atoms with E-state index in [0.717, 1.165) is 5.56 Å². The quantitative estimate of drug-likeness (QED) is 0.583. The van der Waals surface area contributed by atoms with Gasteiger partial charge in [0.15, 0.2) is 0 Å². The van der Waals surface area contributed by atoms with Crippen LogP contribution in [0.5, 0.6) is 5.75 Å². The Morgan fingerprint density at radius 3 is 2.46 bits per heavy atom. The fraction of sp³-hybridized carbons (Fsp3) is 0.250. The second-order valence-corrected chi connectivity index (χ2v) is 6.63. The number of rotatable bonds is 6. The maximum atomic E-state index is 12.3. The number of aromatic hydroxyl groups is 1. The first kappa shape index (κ1) is 18.1. The minimum absolute atomic E-state index is 0.122. The molecule has 1 aliphatic rings. The van der Waals surface area contributed by atoms with Crippen molar-refractivity contribution in [3.05, 3.63) is 53.8 Å². The third kappa shape index (κ3) is 5.16. The highest BCUT2D eigenvalue weighted by Crippen LogP contribution is 2.38. The van der Waals surface area contributed by atoms with Crippen molar-refractivity contribution in [2.24, 2.45) is 10.7 Å². The molecule has 128 valence electrons. The molecule has 0 bridgehead atoms. The van der Waals surface area contributed by atoms with Gasteiger partial charge in [-0.1, -0.05) is 18.2 Å². The van der Waals surface area contributed by atoms with Crippen molar-refractivity contribution in [3.63, 3.8) is 0 Å². The number of carbonyl (C=O) groups excluding carboxylic acids is 1. The van der Waals surface area contributed by atoms with Gasteiger partial charge in [-0.05, 0) is 42.7 Å². The van der Waals surface area contributed by atoms with Crippen LogP contribution >= 0.6 is 7.75 Å². The molecule has 24 heavy (non-hydrogen) atoms. The van der Waals surface area contributed by atoms with Crippen LogP contribution in [-0.4, -0.2) is 31.5 Å². The number of benzene rings is 1. The van der Waals surface area contributed by atoms with Crippen molar-refractivity contribution in [1.82, 2.24) is 0 Å². The lowest BCUT2D eigenvalue weighted by Gasteiger charge is -2.18. The minimum Gasteiger partial charge on any atom is -0.511 e. The van der Waals surface area contributed by atoms with Gasteiger partial charge in [-0.2, -0.15) is 4.76 Å². The second kappa shape index (κ2) is 7.57. The lowest BCUT2D eigenvalue weighted by molar-refractivity contribution is -0.120. The predicted molar refractivity (Wildman–Crippen MR) is 88.9 cm³/mol. The Balaban J connectivity index is 2.02. The number of ketones is 1. The Kier molecular flexibility index (Phi) is 5.72. The summed E-state index contributed by atoms with van der Waals surface area (Å²) in [5, 5.41) is 19.1. The second-order valence-electron chi connectivity index (χ2n) is 5.41. The third-order valence-corrected chi connectivity index (χ3v) is 4.01. The summed E-state index contributed by atoms with van der Waals surface area (Å²) in [7, 11) is -4.69. The smallest absolute Gasteiger partial charge is 0.448 e. The Morgan fingerprint density at radius 2 is 1.83 bits per heavy atom. The van der Waals surface area contributed by atoms with Gasteiger partial charge >= 0.3 is 7.75 Å². The zero-order valence-corrected chi connectivity index (χ0v) is 13.6. The maximum Gasteiger partial charge on any atom is 0.448 e. The van der Waals surface area contributed by atoms with Crippen LogP contribution in [0.25, 0.3) is 0 Å². The van der Waals surface area contributed by atoms with Crippen LogP contribution in [-0.2, 0) is 15.8 Å². The molecule has 1 aromatic carbocycles. The van der Waals surface area contributed by atoms with Crippen LogP contribution in [0.2, 0.25) is 0 Å². The average Bonchev–Trinajstić information content (AvgIpc) is 2.47. The molecule has 1 aromatic rings. The van der Waals surface area contributed by atoms with E-state index in [9.17, 15) is 19.6 Å². The minimum atomic E-state index is -4.69. The zero-order chi connectivity index (χ0) is 17.7. The Labute approximate surface area is 138 Å². The fourth-order valence-electron chi connectivity index (χ4n) is 2.43.